The van der Waals surface area contributed by atoms with E-state index >= 15 is 0 Å². The van der Waals surface area contributed by atoms with E-state index in [0.717, 1.165) is 4.68 Å². The molecule has 0 spiro atoms. The van der Waals surface area contributed by atoms with Crippen LogP contribution >= 0.6 is 23.2 Å². The minimum absolute atomic E-state index is 0.178. The maximum absolute atomic E-state index is 11.7. The molecule has 0 saturated carbocycles. The van der Waals surface area contributed by atoms with Gasteiger partial charge in [-0.2, -0.15) is 4.68 Å². The highest BCUT2D eigenvalue weighted by molar-refractivity contribution is 6.34. The Morgan fingerprint density at radius 3 is 2.58 bits per heavy atom. The highest BCUT2D eigenvalue weighted by Crippen LogP contribution is 2.20. The molecule has 1 aromatic heterocycles. The summed E-state index contributed by atoms with van der Waals surface area (Å²) in [7, 11) is 0. The number of rotatable bonds is 3. The van der Waals surface area contributed by atoms with Gasteiger partial charge in [0.05, 0.1) is 12.3 Å². The molecule has 1 heterocycles. The number of carbonyl (C=O) groups excluding carboxylic acids is 1. The highest BCUT2D eigenvalue weighted by Gasteiger charge is 2.15. The van der Waals surface area contributed by atoms with Crippen LogP contribution in [0.4, 0.5) is 0 Å². The molecule has 0 aliphatic carbocycles. The van der Waals surface area contributed by atoms with Crippen molar-refractivity contribution >= 4 is 29.2 Å². The van der Waals surface area contributed by atoms with Crippen LogP contribution in [-0.2, 0) is 4.74 Å². The lowest BCUT2D eigenvalue weighted by atomic mass is 10.3. The quantitative estimate of drug-likeness (QED) is 0.880. The van der Waals surface area contributed by atoms with Crippen molar-refractivity contribution in [3.8, 4) is 5.69 Å². The van der Waals surface area contributed by atoms with E-state index in [9.17, 15) is 9.59 Å². The van der Waals surface area contributed by atoms with Gasteiger partial charge in [-0.3, -0.25) is 4.98 Å². The predicted molar refractivity (Wildman–Crippen MR) is 70.2 cm³/mol. The van der Waals surface area contributed by atoms with Gasteiger partial charge in [-0.15, -0.1) is 5.10 Å². The zero-order valence-corrected chi connectivity index (χ0v) is 11.3. The molecule has 2 rings (SSSR count). The molecule has 0 atom stereocenters. The average molecular weight is 302 g/mol. The van der Waals surface area contributed by atoms with Gasteiger partial charge < -0.3 is 4.74 Å². The van der Waals surface area contributed by atoms with Crippen LogP contribution in [0.1, 0.15) is 17.5 Å². The number of halogens is 2. The number of carbonyl (C=O) groups is 1. The van der Waals surface area contributed by atoms with Gasteiger partial charge >= 0.3 is 11.7 Å². The Bertz CT molecular complexity index is 658. The minimum Gasteiger partial charge on any atom is -0.460 e. The summed E-state index contributed by atoms with van der Waals surface area (Å²) in [6, 6.07) is 4.53. The summed E-state index contributed by atoms with van der Waals surface area (Å²) in [5.41, 5.74) is -0.226. The molecular formula is C11H9Cl2N3O3. The van der Waals surface area contributed by atoms with E-state index in [-0.39, 0.29) is 12.4 Å². The number of hydrogen-bond acceptors (Lipinski definition) is 4. The van der Waals surface area contributed by atoms with Gasteiger partial charge in [0.1, 0.15) is 0 Å². The minimum atomic E-state index is -0.702. The lowest BCUT2D eigenvalue weighted by molar-refractivity contribution is 0.0512. The van der Waals surface area contributed by atoms with Crippen LogP contribution in [0.5, 0.6) is 0 Å². The number of nitrogens with zero attached hydrogens (tertiary/aromatic N) is 2. The maximum Gasteiger partial charge on any atom is 0.376 e. The monoisotopic (exact) mass is 301 g/mol. The highest BCUT2D eigenvalue weighted by atomic mass is 35.5. The number of H-pyrrole nitrogens is 1. The molecule has 0 bridgehead atoms. The number of aromatic nitrogens is 3. The third kappa shape index (κ3) is 2.97. The lowest BCUT2D eigenvalue weighted by Gasteiger charge is -2.01. The summed E-state index contributed by atoms with van der Waals surface area (Å²) in [6.07, 6.45) is 0. The van der Waals surface area contributed by atoms with Crippen LogP contribution in [0.2, 0.25) is 10.0 Å². The van der Waals surface area contributed by atoms with Gasteiger partial charge in [0, 0.05) is 10.0 Å². The van der Waals surface area contributed by atoms with E-state index < -0.39 is 11.7 Å². The fourth-order valence-corrected chi connectivity index (χ4v) is 1.97. The zero-order valence-electron chi connectivity index (χ0n) is 9.81. The summed E-state index contributed by atoms with van der Waals surface area (Å²) in [5, 5.41) is 4.55. The molecular weight excluding hydrogens is 293 g/mol. The molecule has 0 radical (unpaired) electrons. The molecule has 0 saturated heterocycles. The summed E-state index contributed by atoms with van der Waals surface area (Å²) in [4.78, 5) is 25.5. The SMILES string of the molecule is CCOC(=O)c1nn(-c2cc(Cl)cc(Cl)c2)c(=O)[nH]1. The van der Waals surface area contributed by atoms with Crippen LogP contribution in [0, 0.1) is 0 Å². The van der Waals surface area contributed by atoms with Crippen LogP contribution in [0.15, 0.2) is 23.0 Å². The van der Waals surface area contributed by atoms with E-state index in [1.807, 2.05) is 0 Å². The first-order valence-corrected chi connectivity index (χ1v) is 6.09. The van der Waals surface area contributed by atoms with Gasteiger partial charge in [-0.05, 0) is 25.1 Å². The molecule has 8 heteroatoms. The topological polar surface area (TPSA) is 77.0 Å². The fourth-order valence-electron chi connectivity index (χ4n) is 1.45. The molecule has 0 aliphatic rings. The van der Waals surface area contributed by atoms with Crippen LogP contribution in [-0.4, -0.2) is 27.3 Å². The van der Waals surface area contributed by atoms with Crippen molar-refractivity contribution in [2.24, 2.45) is 0 Å². The van der Waals surface area contributed by atoms with Gasteiger partial charge in [-0.1, -0.05) is 23.2 Å². The van der Waals surface area contributed by atoms with Crippen molar-refractivity contribution in [3.63, 3.8) is 0 Å². The number of hydrogen-bond donors (Lipinski definition) is 1. The first-order valence-electron chi connectivity index (χ1n) is 5.34. The number of ether oxygens (including phenoxy) is 1. The third-order valence-electron chi connectivity index (χ3n) is 2.18. The number of nitrogens with one attached hydrogen (secondary N) is 1. The van der Waals surface area contributed by atoms with E-state index in [0.29, 0.717) is 15.7 Å². The van der Waals surface area contributed by atoms with E-state index in [1.54, 1.807) is 6.92 Å². The van der Waals surface area contributed by atoms with Gasteiger partial charge in [0.25, 0.3) is 0 Å². The third-order valence-corrected chi connectivity index (χ3v) is 2.61. The summed E-state index contributed by atoms with van der Waals surface area (Å²) in [5.74, 6) is -0.880. The van der Waals surface area contributed by atoms with Crippen LogP contribution < -0.4 is 5.69 Å². The molecule has 1 N–H and O–H groups in total. The molecule has 0 unspecified atom stereocenters. The largest absolute Gasteiger partial charge is 0.460 e. The van der Waals surface area contributed by atoms with Gasteiger partial charge in [0.15, 0.2) is 0 Å². The standard InChI is InChI=1S/C11H9Cl2N3O3/c1-2-19-10(17)9-14-11(18)16(15-9)8-4-6(12)3-7(13)5-8/h3-5H,2H2,1H3,(H,14,15,18). The average Bonchev–Trinajstić information content (AvgIpc) is 2.70. The summed E-state index contributed by atoms with van der Waals surface area (Å²) < 4.78 is 5.73. The molecule has 6 nitrogen and oxygen atoms in total. The van der Waals surface area contributed by atoms with Crippen molar-refractivity contribution in [1.82, 2.24) is 14.8 Å². The molecule has 0 amide bonds. The van der Waals surface area contributed by atoms with E-state index in [1.165, 1.54) is 18.2 Å². The Kier molecular flexibility index (Phi) is 3.92. The molecule has 0 aliphatic heterocycles. The Morgan fingerprint density at radius 1 is 1.37 bits per heavy atom. The normalized spacial score (nSPS) is 10.5. The Labute approximate surface area is 117 Å². The Morgan fingerprint density at radius 2 is 2.00 bits per heavy atom. The van der Waals surface area contributed by atoms with E-state index in [4.69, 9.17) is 27.9 Å². The number of esters is 1. The number of aromatic amines is 1. The molecule has 1 aromatic carbocycles. The molecule has 0 fully saturated rings. The van der Waals surface area contributed by atoms with Crippen molar-refractivity contribution in [3.05, 3.63) is 44.6 Å². The maximum atomic E-state index is 11.7. The Hall–Kier alpha value is -1.79. The summed E-state index contributed by atoms with van der Waals surface area (Å²) in [6.45, 7) is 1.85. The van der Waals surface area contributed by atoms with Crippen LogP contribution in [0.3, 0.4) is 0 Å². The zero-order chi connectivity index (χ0) is 14.0. The molecule has 2 aromatic rings. The van der Waals surface area contributed by atoms with E-state index in [2.05, 4.69) is 10.1 Å². The second-order valence-electron chi connectivity index (χ2n) is 3.54. The van der Waals surface area contributed by atoms with Gasteiger partial charge in [0.2, 0.25) is 5.82 Å². The second kappa shape index (κ2) is 5.46. The second-order valence-corrected chi connectivity index (χ2v) is 4.41. The number of benzene rings is 1. The lowest BCUT2D eigenvalue weighted by Crippen LogP contribution is -2.15. The molecule has 100 valence electrons. The Balaban J connectivity index is 2.46. The van der Waals surface area contributed by atoms with Gasteiger partial charge in [-0.25, -0.2) is 9.59 Å². The van der Waals surface area contributed by atoms with Crippen molar-refractivity contribution in [1.29, 1.82) is 0 Å². The van der Waals surface area contributed by atoms with Crippen molar-refractivity contribution < 1.29 is 9.53 Å². The van der Waals surface area contributed by atoms with Crippen LogP contribution in [0.25, 0.3) is 5.69 Å². The smallest absolute Gasteiger partial charge is 0.376 e. The summed E-state index contributed by atoms with van der Waals surface area (Å²) >= 11 is 11.7. The predicted octanol–water partition coefficient (Wildman–Crippen LogP) is 2.04. The van der Waals surface area contributed by atoms with Crippen molar-refractivity contribution in [2.75, 3.05) is 6.61 Å². The fraction of sp³-hybridized carbons (Fsp3) is 0.182. The first-order chi connectivity index (χ1) is 9.01. The molecule has 19 heavy (non-hydrogen) atoms. The van der Waals surface area contributed by atoms with Crippen molar-refractivity contribution in [2.45, 2.75) is 6.92 Å². The first kappa shape index (κ1) is 13.6.